The molecule has 3 rings (SSSR count). The summed E-state index contributed by atoms with van der Waals surface area (Å²) >= 11 is 0. The van der Waals surface area contributed by atoms with Gasteiger partial charge in [0.15, 0.2) is 0 Å². The van der Waals surface area contributed by atoms with Crippen molar-refractivity contribution < 1.29 is 9.90 Å². The van der Waals surface area contributed by atoms with Crippen LogP contribution in [0, 0.1) is 16.7 Å². The van der Waals surface area contributed by atoms with Crippen molar-refractivity contribution >= 4 is 5.91 Å². The SMILES string of the molecule is N#Cc1cc(C(=O)NCC2(C(O)c3ccccc3)CC2)c[nH]1. The molecule has 1 aromatic heterocycles. The van der Waals surface area contributed by atoms with Gasteiger partial charge in [-0.25, -0.2) is 0 Å². The van der Waals surface area contributed by atoms with Gasteiger partial charge in [0.05, 0.1) is 11.7 Å². The highest BCUT2D eigenvalue weighted by molar-refractivity contribution is 5.94. The number of rotatable bonds is 5. The van der Waals surface area contributed by atoms with Gasteiger partial charge in [-0.05, 0) is 24.5 Å². The van der Waals surface area contributed by atoms with Crippen LogP contribution in [-0.2, 0) is 0 Å². The third kappa shape index (κ3) is 2.74. The quantitative estimate of drug-likeness (QED) is 0.789. The van der Waals surface area contributed by atoms with E-state index in [1.807, 2.05) is 36.4 Å². The molecule has 1 saturated carbocycles. The minimum absolute atomic E-state index is 0.232. The number of aliphatic hydroxyl groups excluding tert-OH is 1. The van der Waals surface area contributed by atoms with Gasteiger partial charge in [-0.15, -0.1) is 0 Å². The van der Waals surface area contributed by atoms with Crippen LogP contribution in [0.15, 0.2) is 42.6 Å². The number of nitrogens with zero attached hydrogens (tertiary/aromatic N) is 1. The molecule has 3 N–H and O–H groups in total. The minimum Gasteiger partial charge on any atom is -0.388 e. The summed E-state index contributed by atoms with van der Waals surface area (Å²) < 4.78 is 0. The summed E-state index contributed by atoms with van der Waals surface area (Å²) in [4.78, 5) is 14.8. The molecule has 1 aromatic carbocycles. The van der Waals surface area contributed by atoms with Gasteiger partial charge in [-0.2, -0.15) is 5.26 Å². The number of carbonyl (C=O) groups is 1. The normalized spacial score (nSPS) is 16.5. The molecule has 5 nitrogen and oxygen atoms in total. The topological polar surface area (TPSA) is 88.9 Å². The van der Waals surface area contributed by atoms with E-state index in [9.17, 15) is 9.90 Å². The maximum absolute atomic E-state index is 12.1. The van der Waals surface area contributed by atoms with Crippen molar-refractivity contribution in [2.24, 2.45) is 5.41 Å². The largest absolute Gasteiger partial charge is 0.388 e. The molecule has 1 heterocycles. The number of aliphatic hydroxyl groups is 1. The molecular weight excluding hydrogens is 278 g/mol. The Balaban J connectivity index is 1.63. The van der Waals surface area contributed by atoms with Crippen LogP contribution in [0.4, 0.5) is 0 Å². The minimum atomic E-state index is -0.574. The van der Waals surface area contributed by atoms with Crippen molar-refractivity contribution in [1.82, 2.24) is 10.3 Å². The third-order valence-electron chi connectivity index (χ3n) is 4.25. The van der Waals surface area contributed by atoms with E-state index in [0.717, 1.165) is 18.4 Å². The van der Waals surface area contributed by atoms with Gasteiger partial charge in [-0.1, -0.05) is 30.3 Å². The van der Waals surface area contributed by atoms with Gasteiger partial charge in [0.25, 0.3) is 5.91 Å². The molecule has 0 aliphatic heterocycles. The van der Waals surface area contributed by atoms with E-state index in [4.69, 9.17) is 5.26 Å². The Bertz CT molecular complexity index is 711. The van der Waals surface area contributed by atoms with Gasteiger partial charge < -0.3 is 15.4 Å². The van der Waals surface area contributed by atoms with Gasteiger partial charge in [0.1, 0.15) is 11.8 Å². The number of hydrogen-bond acceptors (Lipinski definition) is 3. The average molecular weight is 295 g/mol. The molecule has 0 saturated heterocycles. The van der Waals surface area contributed by atoms with Crippen LogP contribution in [0.5, 0.6) is 0 Å². The summed E-state index contributed by atoms with van der Waals surface area (Å²) in [6, 6.07) is 13.0. The maximum atomic E-state index is 12.1. The molecule has 1 aliphatic carbocycles. The summed E-state index contributed by atoms with van der Waals surface area (Å²) in [5, 5.41) is 22.2. The van der Waals surface area contributed by atoms with E-state index in [1.54, 1.807) is 0 Å². The molecule has 1 atom stereocenters. The predicted octanol–water partition coefficient (Wildman–Crippen LogP) is 2.13. The van der Waals surface area contributed by atoms with Crippen molar-refractivity contribution in [1.29, 1.82) is 5.26 Å². The highest BCUT2D eigenvalue weighted by Crippen LogP contribution is 2.54. The zero-order valence-corrected chi connectivity index (χ0v) is 12.0. The van der Waals surface area contributed by atoms with Crippen molar-refractivity contribution in [3.8, 4) is 6.07 Å². The highest BCUT2D eigenvalue weighted by Gasteiger charge is 2.49. The Hall–Kier alpha value is -2.58. The fourth-order valence-electron chi connectivity index (χ4n) is 2.64. The predicted molar refractivity (Wildman–Crippen MR) is 80.9 cm³/mol. The molecule has 0 spiro atoms. The average Bonchev–Trinajstić information content (AvgIpc) is 3.20. The number of aromatic amines is 1. The molecule has 0 radical (unpaired) electrons. The fourth-order valence-corrected chi connectivity index (χ4v) is 2.64. The molecule has 1 unspecified atom stereocenters. The molecule has 1 amide bonds. The molecule has 2 aromatic rings. The van der Waals surface area contributed by atoms with Crippen LogP contribution in [0.1, 0.15) is 40.6 Å². The number of H-pyrrole nitrogens is 1. The highest BCUT2D eigenvalue weighted by atomic mass is 16.3. The van der Waals surface area contributed by atoms with Gasteiger partial charge in [0.2, 0.25) is 0 Å². The Morgan fingerprint density at radius 2 is 2.14 bits per heavy atom. The Morgan fingerprint density at radius 3 is 2.73 bits per heavy atom. The zero-order chi connectivity index (χ0) is 15.6. The first-order chi connectivity index (χ1) is 10.6. The van der Waals surface area contributed by atoms with E-state index in [-0.39, 0.29) is 11.3 Å². The molecular formula is C17H17N3O2. The summed E-state index contributed by atoms with van der Waals surface area (Å²) in [5.74, 6) is -0.232. The Morgan fingerprint density at radius 1 is 1.41 bits per heavy atom. The van der Waals surface area contributed by atoms with E-state index in [0.29, 0.717) is 17.8 Å². The first-order valence-electron chi connectivity index (χ1n) is 7.24. The van der Waals surface area contributed by atoms with Crippen molar-refractivity contribution in [2.45, 2.75) is 18.9 Å². The van der Waals surface area contributed by atoms with Crippen LogP contribution in [0.3, 0.4) is 0 Å². The van der Waals surface area contributed by atoms with Crippen molar-refractivity contribution in [3.05, 3.63) is 59.4 Å². The first-order valence-corrected chi connectivity index (χ1v) is 7.24. The number of aromatic nitrogens is 1. The summed E-state index contributed by atoms with van der Waals surface area (Å²) in [7, 11) is 0. The molecule has 22 heavy (non-hydrogen) atoms. The Labute approximate surface area is 128 Å². The van der Waals surface area contributed by atoms with Crippen LogP contribution in [0.25, 0.3) is 0 Å². The van der Waals surface area contributed by atoms with Crippen molar-refractivity contribution in [3.63, 3.8) is 0 Å². The lowest BCUT2D eigenvalue weighted by Gasteiger charge is -2.23. The van der Waals surface area contributed by atoms with E-state index in [1.165, 1.54) is 12.3 Å². The second-order valence-corrected chi connectivity index (χ2v) is 5.77. The van der Waals surface area contributed by atoms with Crippen LogP contribution in [0.2, 0.25) is 0 Å². The lowest BCUT2D eigenvalue weighted by Crippen LogP contribution is -2.33. The summed E-state index contributed by atoms with van der Waals surface area (Å²) in [6.45, 7) is 0.426. The van der Waals surface area contributed by atoms with E-state index < -0.39 is 6.10 Å². The third-order valence-corrected chi connectivity index (χ3v) is 4.25. The number of benzene rings is 1. The smallest absolute Gasteiger partial charge is 0.252 e. The number of nitriles is 1. The van der Waals surface area contributed by atoms with E-state index >= 15 is 0 Å². The fraction of sp³-hybridized carbons (Fsp3) is 0.294. The molecule has 0 bridgehead atoms. The molecule has 5 heteroatoms. The number of amides is 1. The number of nitrogens with one attached hydrogen (secondary N) is 2. The lowest BCUT2D eigenvalue weighted by molar-refractivity contribution is 0.0808. The maximum Gasteiger partial charge on any atom is 0.252 e. The molecule has 112 valence electrons. The summed E-state index contributed by atoms with van der Waals surface area (Å²) in [5.41, 5.74) is 1.39. The second kappa shape index (κ2) is 5.66. The van der Waals surface area contributed by atoms with E-state index in [2.05, 4.69) is 10.3 Å². The first kappa shape index (κ1) is 14.4. The van der Waals surface area contributed by atoms with Crippen LogP contribution >= 0.6 is 0 Å². The number of hydrogen-bond donors (Lipinski definition) is 3. The lowest BCUT2D eigenvalue weighted by atomic mass is 9.92. The Kier molecular flexibility index (Phi) is 3.70. The van der Waals surface area contributed by atoms with Crippen LogP contribution < -0.4 is 5.32 Å². The standard InChI is InChI=1S/C17H17N3O2/c18-9-14-8-13(10-19-14)16(22)20-11-17(6-7-17)15(21)12-4-2-1-3-5-12/h1-5,8,10,15,19,21H,6-7,11H2,(H,20,22). The van der Waals surface area contributed by atoms with Gasteiger partial charge >= 0.3 is 0 Å². The number of carbonyl (C=O) groups excluding carboxylic acids is 1. The van der Waals surface area contributed by atoms with Crippen LogP contribution in [-0.4, -0.2) is 22.5 Å². The van der Waals surface area contributed by atoms with Gasteiger partial charge in [0, 0.05) is 18.2 Å². The second-order valence-electron chi connectivity index (χ2n) is 5.77. The van der Waals surface area contributed by atoms with Crippen molar-refractivity contribution in [2.75, 3.05) is 6.54 Å². The monoisotopic (exact) mass is 295 g/mol. The molecule has 1 fully saturated rings. The summed E-state index contributed by atoms with van der Waals surface area (Å²) in [6.07, 6.45) is 2.72. The van der Waals surface area contributed by atoms with Gasteiger partial charge in [-0.3, -0.25) is 4.79 Å². The molecule has 1 aliphatic rings. The zero-order valence-electron chi connectivity index (χ0n) is 12.0.